The third-order valence-electron chi connectivity index (χ3n) is 2.85. The maximum absolute atomic E-state index is 6.24. The summed E-state index contributed by atoms with van der Waals surface area (Å²) in [6.07, 6.45) is 2.06. The molecule has 0 aliphatic carbocycles. The van der Waals surface area contributed by atoms with E-state index in [1.165, 1.54) is 0 Å². The molecule has 1 fully saturated rings. The molecular formula is C13H16BrClO3. The second kappa shape index (κ2) is 6.64. The molecule has 18 heavy (non-hydrogen) atoms. The predicted molar refractivity (Wildman–Crippen MR) is 75.1 cm³/mol. The van der Waals surface area contributed by atoms with Crippen molar-refractivity contribution in [3.63, 3.8) is 0 Å². The van der Waals surface area contributed by atoms with Gasteiger partial charge in [0.05, 0.1) is 18.7 Å². The van der Waals surface area contributed by atoms with E-state index in [1.807, 2.05) is 12.1 Å². The molecule has 0 spiro atoms. The number of rotatable bonds is 4. The number of methoxy groups -OCH3 is 1. The van der Waals surface area contributed by atoms with E-state index in [2.05, 4.69) is 15.9 Å². The van der Waals surface area contributed by atoms with Gasteiger partial charge in [0.15, 0.2) is 11.5 Å². The monoisotopic (exact) mass is 334 g/mol. The van der Waals surface area contributed by atoms with Crippen LogP contribution in [0.2, 0.25) is 5.02 Å². The maximum Gasteiger partial charge on any atom is 0.180 e. The fraction of sp³-hybridized carbons (Fsp3) is 0.538. The molecule has 1 heterocycles. The van der Waals surface area contributed by atoms with Crippen LogP contribution < -0.4 is 9.47 Å². The molecule has 1 aromatic rings. The van der Waals surface area contributed by atoms with Crippen molar-refractivity contribution >= 4 is 27.5 Å². The molecule has 1 aromatic carbocycles. The van der Waals surface area contributed by atoms with Crippen LogP contribution in [0.15, 0.2) is 12.1 Å². The van der Waals surface area contributed by atoms with E-state index in [9.17, 15) is 0 Å². The first kappa shape index (κ1) is 14.0. The van der Waals surface area contributed by atoms with Gasteiger partial charge in [0.1, 0.15) is 6.10 Å². The highest BCUT2D eigenvalue weighted by Gasteiger charge is 2.20. The summed E-state index contributed by atoms with van der Waals surface area (Å²) in [4.78, 5) is 0. The quantitative estimate of drug-likeness (QED) is 0.783. The molecule has 3 nitrogen and oxygen atoms in total. The van der Waals surface area contributed by atoms with Crippen LogP contribution in [0.3, 0.4) is 0 Å². The van der Waals surface area contributed by atoms with E-state index in [0.29, 0.717) is 23.1 Å². The highest BCUT2D eigenvalue weighted by Crippen LogP contribution is 2.38. The lowest BCUT2D eigenvalue weighted by Gasteiger charge is -2.25. The number of ether oxygens (including phenoxy) is 3. The van der Waals surface area contributed by atoms with Gasteiger partial charge in [0.2, 0.25) is 0 Å². The van der Waals surface area contributed by atoms with E-state index in [1.54, 1.807) is 7.11 Å². The zero-order valence-electron chi connectivity index (χ0n) is 10.2. The van der Waals surface area contributed by atoms with E-state index < -0.39 is 0 Å². The van der Waals surface area contributed by atoms with Crippen molar-refractivity contribution in [1.29, 1.82) is 0 Å². The second-order valence-corrected chi connectivity index (χ2v) is 5.17. The molecule has 1 unspecified atom stereocenters. The summed E-state index contributed by atoms with van der Waals surface area (Å²) in [6, 6.07) is 3.82. The highest BCUT2D eigenvalue weighted by atomic mass is 79.9. The van der Waals surface area contributed by atoms with Crippen LogP contribution in [0.4, 0.5) is 0 Å². The lowest BCUT2D eigenvalue weighted by atomic mass is 10.1. The van der Waals surface area contributed by atoms with Crippen molar-refractivity contribution in [1.82, 2.24) is 0 Å². The van der Waals surface area contributed by atoms with Gasteiger partial charge < -0.3 is 14.2 Å². The standard InChI is InChI=1S/C13H16BrClO3/c1-16-12-6-9(7-14)5-11(15)13(12)18-10-3-2-4-17-8-10/h5-6,10H,2-4,7-8H2,1H3. The first-order valence-electron chi connectivity index (χ1n) is 5.91. The molecule has 1 aliphatic heterocycles. The summed E-state index contributed by atoms with van der Waals surface area (Å²) in [6.45, 7) is 1.42. The van der Waals surface area contributed by atoms with Gasteiger partial charge in [0.25, 0.3) is 0 Å². The first-order chi connectivity index (χ1) is 8.74. The predicted octanol–water partition coefficient (Wildman–Crippen LogP) is 3.80. The summed E-state index contributed by atoms with van der Waals surface area (Å²) in [7, 11) is 1.62. The Morgan fingerprint density at radius 2 is 2.33 bits per heavy atom. The molecule has 100 valence electrons. The number of benzene rings is 1. The van der Waals surface area contributed by atoms with Crippen LogP contribution in [-0.2, 0) is 10.1 Å². The Hall–Kier alpha value is -0.450. The number of hydrogen-bond acceptors (Lipinski definition) is 3. The molecule has 1 aliphatic rings. The number of halogens is 2. The average Bonchev–Trinajstić information content (AvgIpc) is 2.42. The number of alkyl halides is 1. The summed E-state index contributed by atoms with van der Waals surface area (Å²) in [5, 5.41) is 1.31. The van der Waals surface area contributed by atoms with Gasteiger partial charge in [-0.05, 0) is 30.5 Å². The van der Waals surface area contributed by atoms with Gasteiger partial charge in [-0.1, -0.05) is 27.5 Å². The molecular weight excluding hydrogens is 319 g/mol. The Labute approximate surface area is 120 Å². The van der Waals surface area contributed by atoms with Gasteiger partial charge in [-0.15, -0.1) is 0 Å². The Morgan fingerprint density at radius 1 is 1.50 bits per heavy atom. The van der Waals surface area contributed by atoms with Crippen LogP contribution in [0.5, 0.6) is 11.5 Å². The second-order valence-electron chi connectivity index (χ2n) is 4.20. The lowest BCUT2D eigenvalue weighted by Crippen LogP contribution is -2.28. The Balaban J connectivity index is 2.19. The minimum Gasteiger partial charge on any atom is -0.493 e. The minimum atomic E-state index is 0.0555. The van der Waals surface area contributed by atoms with Crippen molar-refractivity contribution in [2.75, 3.05) is 20.3 Å². The van der Waals surface area contributed by atoms with Gasteiger partial charge in [-0.3, -0.25) is 0 Å². The summed E-state index contributed by atoms with van der Waals surface area (Å²) < 4.78 is 16.6. The van der Waals surface area contributed by atoms with Crippen LogP contribution in [0.1, 0.15) is 18.4 Å². The molecule has 1 atom stereocenters. The van der Waals surface area contributed by atoms with Crippen molar-refractivity contribution in [3.8, 4) is 11.5 Å². The molecule has 0 bridgehead atoms. The fourth-order valence-corrected chi connectivity index (χ4v) is 2.54. The van der Waals surface area contributed by atoms with Gasteiger partial charge >= 0.3 is 0 Å². The lowest BCUT2D eigenvalue weighted by molar-refractivity contribution is 0.00648. The molecule has 0 amide bonds. The molecule has 5 heteroatoms. The highest BCUT2D eigenvalue weighted by molar-refractivity contribution is 9.08. The normalized spacial score (nSPS) is 19.6. The SMILES string of the molecule is COc1cc(CBr)cc(Cl)c1OC1CCCOC1. The van der Waals surface area contributed by atoms with Crippen LogP contribution in [0, 0.1) is 0 Å². The van der Waals surface area contributed by atoms with Crippen LogP contribution in [0.25, 0.3) is 0 Å². The van der Waals surface area contributed by atoms with E-state index >= 15 is 0 Å². The zero-order chi connectivity index (χ0) is 13.0. The summed E-state index contributed by atoms with van der Waals surface area (Å²) in [5.74, 6) is 1.28. The van der Waals surface area contributed by atoms with Gasteiger partial charge in [-0.2, -0.15) is 0 Å². The molecule has 0 N–H and O–H groups in total. The molecule has 0 radical (unpaired) electrons. The molecule has 2 rings (SSSR count). The van der Waals surface area contributed by atoms with Crippen LogP contribution >= 0.6 is 27.5 Å². The fourth-order valence-electron chi connectivity index (χ4n) is 1.94. The first-order valence-corrected chi connectivity index (χ1v) is 7.41. The number of hydrogen-bond donors (Lipinski definition) is 0. The molecule has 0 saturated carbocycles. The third-order valence-corrected chi connectivity index (χ3v) is 3.77. The van der Waals surface area contributed by atoms with Crippen molar-refractivity contribution < 1.29 is 14.2 Å². The van der Waals surface area contributed by atoms with E-state index in [0.717, 1.165) is 30.3 Å². The summed E-state index contributed by atoms with van der Waals surface area (Å²) >= 11 is 9.65. The van der Waals surface area contributed by atoms with E-state index in [4.69, 9.17) is 25.8 Å². The van der Waals surface area contributed by atoms with Crippen molar-refractivity contribution in [2.45, 2.75) is 24.3 Å². The van der Waals surface area contributed by atoms with Crippen molar-refractivity contribution in [3.05, 3.63) is 22.7 Å². The Kier molecular flexibility index (Phi) is 5.15. The Morgan fingerprint density at radius 3 is 2.94 bits per heavy atom. The van der Waals surface area contributed by atoms with Crippen LogP contribution in [-0.4, -0.2) is 26.4 Å². The third kappa shape index (κ3) is 3.31. The smallest absolute Gasteiger partial charge is 0.180 e. The van der Waals surface area contributed by atoms with Crippen molar-refractivity contribution in [2.24, 2.45) is 0 Å². The van der Waals surface area contributed by atoms with Gasteiger partial charge in [-0.25, -0.2) is 0 Å². The summed E-state index contributed by atoms with van der Waals surface area (Å²) in [5.41, 5.74) is 1.06. The Bertz CT molecular complexity index is 405. The molecule has 1 saturated heterocycles. The van der Waals surface area contributed by atoms with Gasteiger partial charge in [0, 0.05) is 11.9 Å². The largest absolute Gasteiger partial charge is 0.493 e. The topological polar surface area (TPSA) is 27.7 Å². The zero-order valence-corrected chi connectivity index (χ0v) is 12.6. The maximum atomic E-state index is 6.24. The molecule has 0 aromatic heterocycles. The van der Waals surface area contributed by atoms with E-state index in [-0.39, 0.29) is 6.10 Å². The minimum absolute atomic E-state index is 0.0555. The average molecular weight is 336 g/mol.